The van der Waals surface area contributed by atoms with Crippen LogP contribution in [0, 0.1) is 5.92 Å². The molecule has 1 aromatic rings. The van der Waals surface area contributed by atoms with Crippen LogP contribution in [0.15, 0.2) is 24.3 Å². The lowest BCUT2D eigenvalue weighted by atomic mass is 10.0. The summed E-state index contributed by atoms with van der Waals surface area (Å²) in [6, 6.07) is 8.03. The Labute approximate surface area is 103 Å². The van der Waals surface area contributed by atoms with Gasteiger partial charge in [-0.05, 0) is 12.5 Å². The summed E-state index contributed by atoms with van der Waals surface area (Å²) in [7, 11) is 0. The molecule has 0 saturated heterocycles. The maximum absolute atomic E-state index is 5.88. The molecule has 1 aliphatic rings. The summed E-state index contributed by atoms with van der Waals surface area (Å²) in [6.07, 6.45) is 3.24. The Morgan fingerprint density at radius 2 is 2.24 bits per heavy atom. The normalized spacial score (nSPS) is 20.5. The summed E-state index contributed by atoms with van der Waals surface area (Å²) in [5, 5.41) is 0. The summed E-state index contributed by atoms with van der Waals surface area (Å²) in [4.78, 5) is 0. The van der Waals surface area contributed by atoms with Crippen LogP contribution in [0.25, 0.3) is 0 Å². The highest BCUT2D eigenvalue weighted by Gasteiger charge is 2.26. The van der Waals surface area contributed by atoms with Crippen LogP contribution < -0.4 is 10.5 Å². The van der Waals surface area contributed by atoms with Crippen LogP contribution in [-0.4, -0.2) is 12.8 Å². The summed E-state index contributed by atoms with van der Waals surface area (Å²) < 4.78 is 11.6. The van der Waals surface area contributed by atoms with E-state index in [0.29, 0.717) is 19.1 Å². The average molecular weight is 235 g/mol. The fourth-order valence-corrected chi connectivity index (χ4v) is 2.13. The summed E-state index contributed by atoms with van der Waals surface area (Å²) in [6.45, 7) is 3.43. The molecule has 0 radical (unpaired) electrons. The van der Waals surface area contributed by atoms with Gasteiger partial charge in [0, 0.05) is 18.0 Å². The molecule has 1 aliphatic heterocycles. The number of hydrogen-bond donors (Lipinski definition) is 1. The van der Waals surface area contributed by atoms with Gasteiger partial charge in [0.1, 0.15) is 5.75 Å². The van der Waals surface area contributed by atoms with Crippen molar-refractivity contribution in [2.24, 2.45) is 11.7 Å². The van der Waals surface area contributed by atoms with Gasteiger partial charge in [-0.2, -0.15) is 0 Å². The van der Waals surface area contributed by atoms with Gasteiger partial charge >= 0.3 is 0 Å². The number of benzene rings is 1. The molecule has 2 atom stereocenters. The molecule has 0 aromatic heterocycles. The highest BCUT2D eigenvalue weighted by atomic mass is 16.7. The quantitative estimate of drug-likeness (QED) is 0.853. The minimum Gasteiger partial charge on any atom is -0.464 e. The smallest absolute Gasteiger partial charge is 0.204 e. The van der Waals surface area contributed by atoms with Gasteiger partial charge < -0.3 is 15.2 Å². The summed E-state index contributed by atoms with van der Waals surface area (Å²) in [5.74, 6) is 1.24. The molecule has 1 heterocycles. The van der Waals surface area contributed by atoms with Crippen molar-refractivity contribution in [1.82, 2.24) is 0 Å². The van der Waals surface area contributed by atoms with E-state index in [1.807, 2.05) is 24.3 Å². The number of fused-ring (bicyclic) bond motifs is 1. The van der Waals surface area contributed by atoms with Crippen molar-refractivity contribution in [3.05, 3.63) is 29.8 Å². The monoisotopic (exact) mass is 235 g/mol. The molecule has 3 nitrogen and oxygen atoms in total. The molecule has 0 fully saturated rings. The van der Waals surface area contributed by atoms with E-state index in [4.69, 9.17) is 15.2 Å². The van der Waals surface area contributed by atoms with Crippen LogP contribution in [0.3, 0.4) is 0 Å². The van der Waals surface area contributed by atoms with E-state index in [9.17, 15) is 0 Å². The van der Waals surface area contributed by atoms with Gasteiger partial charge in [0.15, 0.2) is 0 Å². The zero-order valence-electron chi connectivity index (χ0n) is 10.4. The summed E-state index contributed by atoms with van der Waals surface area (Å²) in [5.41, 5.74) is 6.92. The molecule has 2 rings (SSSR count). The molecule has 1 aromatic carbocycles. The number of hydrogen-bond acceptors (Lipinski definition) is 3. The van der Waals surface area contributed by atoms with Crippen molar-refractivity contribution >= 4 is 0 Å². The van der Waals surface area contributed by atoms with Crippen molar-refractivity contribution in [3.8, 4) is 5.75 Å². The Balaban J connectivity index is 2.00. The van der Waals surface area contributed by atoms with E-state index in [0.717, 1.165) is 17.7 Å². The molecule has 17 heavy (non-hydrogen) atoms. The third-order valence-electron chi connectivity index (χ3n) is 3.23. The lowest BCUT2D eigenvalue weighted by Gasteiger charge is -2.31. The van der Waals surface area contributed by atoms with Crippen LogP contribution in [0.2, 0.25) is 0 Å². The SMILES string of the molecule is CCCCC(CN)C1OCc2ccccc2O1. The first-order valence-electron chi connectivity index (χ1n) is 6.41. The second-order valence-corrected chi connectivity index (χ2v) is 4.54. The predicted molar refractivity (Wildman–Crippen MR) is 67.7 cm³/mol. The van der Waals surface area contributed by atoms with E-state index in [2.05, 4.69) is 6.92 Å². The average Bonchev–Trinajstić information content (AvgIpc) is 2.39. The van der Waals surface area contributed by atoms with Gasteiger partial charge in [-0.1, -0.05) is 38.0 Å². The second kappa shape index (κ2) is 6.03. The van der Waals surface area contributed by atoms with Crippen molar-refractivity contribution in [2.45, 2.75) is 39.1 Å². The maximum atomic E-state index is 5.88. The number of nitrogens with two attached hydrogens (primary N) is 1. The fourth-order valence-electron chi connectivity index (χ4n) is 2.13. The van der Waals surface area contributed by atoms with E-state index in [1.54, 1.807) is 0 Å². The van der Waals surface area contributed by atoms with Crippen molar-refractivity contribution < 1.29 is 9.47 Å². The fraction of sp³-hybridized carbons (Fsp3) is 0.571. The van der Waals surface area contributed by atoms with Gasteiger partial charge in [-0.3, -0.25) is 0 Å². The molecule has 2 N–H and O–H groups in total. The van der Waals surface area contributed by atoms with Crippen LogP contribution >= 0.6 is 0 Å². The molecule has 0 bridgehead atoms. The molecule has 2 unspecified atom stereocenters. The molecule has 0 spiro atoms. The van der Waals surface area contributed by atoms with Crippen molar-refractivity contribution in [2.75, 3.05) is 6.54 Å². The Hall–Kier alpha value is -1.06. The Morgan fingerprint density at radius 1 is 1.41 bits per heavy atom. The largest absolute Gasteiger partial charge is 0.464 e. The van der Waals surface area contributed by atoms with Crippen LogP contribution in [0.4, 0.5) is 0 Å². The van der Waals surface area contributed by atoms with E-state index >= 15 is 0 Å². The topological polar surface area (TPSA) is 44.5 Å². The molecule has 94 valence electrons. The third-order valence-corrected chi connectivity index (χ3v) is 3.23. The molecule has 3 heteroatoms. The second-order valence-electron chi connectivity index (χ2n) is 4.54. The first kappa shape index (κ1) is 12.4. The number of unbranched alkanes of at least 4 members (excludes halogenated alkanes) is 1. The lowest BCUT2D eigenvalue weighted by molar-refractivity contribution is -0.139. The molecule has 0 saturated carbocycles. The molecule has 0 amide bonds. The van der Waals surface area contributed by atoms with Crippen LogP contribution in [-0.2, 0) is 11.3 Å². The van der Waals surface area contributed by atoms with Gasteiger partial charge in [0.05, 0.1) is 6.61 Å². The first-order chi connectivity index (χ1) is 8.35. The zero-order chi connectivity index (χ0) is 12.1. The highest BCUT2D eigenvalue weighted by molar-refractivity contribution is 5.33. The Bertz CT molecular complexity index is 354. The predicted octanol–water partition coefficient (Wildman–Crippen LogP) is 2.69. The third kappa shape index (κ3) is 2.99. The highest BCUT2D eigenvalue weighted by Crippen LogP contribution is 2.29. The maximum Gasteiger partial charge on any atom is 0.204 e. The first-order valence-corrected chi connectivity index (χ1v) is 6.41. The van der Waals surface area contributed by atoms with Crippen molar-refractivity contribution in [3.63, 3.8) is 0 Å². The molecular weight excluding hydrogens is 214 g/mol. The van der Waals surface area contributed by atoms with Crippen LogP contribution in [0.1, 0.15) is 31.7 Å². The van der Waals surface area contributed by atoms with E-state index < -0.39 is 0 Å². The van der Waals surface area contributed by atoms with Gasteiger partial charge in [0.2, 0.25) is 6.29 Å². The lowest BCUT2D eigenvalue weighted by Crippen LogP contribution is -2.37. The Kier molecular flexibility index (Phi) is 4.40. The van der Waals surface area contributed by atoms with E-state index in [1.165, 1.54) is 12.8 Å². The summed E-state index contributed by atoms with van der Waals surface area (Å²) >= 11 is 0. The van der Waals surface area contributed by atoms with Gasteiger partial charge in [-0.15, -0.1) is 0 Å². The number of ether oxygens (including phenoxy) is 2. The number of rotatable bonds is 5. The van der Waals surface area contributed by atoms with Crippen LogP contribution in [0.5, 0.6) is 5.75 Å². The zero-order valence-corrected chi connectivity index (χ0v) is 10.4. The van der Waals surface area contributed by atoms with Gasteiger partial charge in [-0.25, -0.2) is 0 Å². The minimum absolute atomic E-state index is 0.179. The number of para-hydroxylation sites is 1. The van der Waals surface area contributed by atoms with Gasteiger partial charge in [0.25, 0.3) is 0 Å². The Morgan fingerprint density at radius 3 is 3.00 bits per heavy atom. The standard InChI is InChI=1S/C14H21NO2/c1-2-3-6-11(9-15)14-16-10-12-7-4-5-8-13(12)17-14/h4-5,7-8,11,14H,2-3,6,9-10,15H2,1H3. The van der Waals surface area contributed by atoms with Crippen molar-refractivity contribution in [1.29, 1.82) is 0 Å². The minimum atomic E-state index is -0.179. The molecule has 0 aliphatic carbocycles. The van der Waals surface area contributed by atoms with E-state index in [-0.39, 0.29) is 6.29 Å². The molecular formula is C14H21NO2.